The summed E-state index contributed by atoms with van der Waals surface area (Å²) in [6.07, 6.45) is 0.180. The van der Waals surface area contributed by atoms with Crippen molar-refractivity contribution in [2.24, 2.45) is 0 Å². The first kappa shape index (κ1) is 24.3. The maximum atomic E-state index is 13.2. The van der Waals surface area contributed by atoms with E-state index in [0.29, 0.717) is 30.4 Å². The summed E-state index contributed by atoms with van der Waals surface area (Å²) in [7, 11) is -3.97. The van der Waals surface area contributed by atoms with Gasteiger partial charge >= 0.3 is 0 Å². The first-order valence-corrected chi connectivity index (χ1v) is 12.2. The van der Waals surface area contributed by atoms with E-state index in [1.165, 1.54) is 12.1 Å². The van der Waals surface area contributed by atoms with E-state index >= 15 is 0 Å². The molecule has 3 rings (SSSR count). The van der Waals surface area contributed by atoms with Crippen LogP contribution in [0.25, 0.3) is 0 Å². The maximum absolute atomic E-state index is 13.2. The molecule has 0 aliphatic carbocycles. The van der Waals surface area contributed by atoms with Gasteiger partial charge in [-0.25, -0.2) is 8.42 Å². The van der Waals surface area contributed by atoms with Crippen LogP contribution in [0.3, 0.4) is 0 Å². The predicted molar refractivity (Wildman–Crippen MR) is 128 cm³/mol. The van der Waals surface area contributed by atoms with Crippen molar-refractivity contribution in [2.75, 3.05) is 18.5 Å². The zero-order chi connectivity index (χ0) is 23.7. The average Bonchev–Trinajstić information content (AvgIpc) is 2.81. The number of nitrogens with one attached hydrogen (secondary N) is 2. The highest BCUT2D eigenvalue weighted by Gasteiger charge is 2.27. The monoisotopic (exact) mass is 468 g/mol. The van der Waals surface area contributed by atoms with E-state index in [1.54, 1.807) is 36.4 Å². The van der Waals surface area contributed by atoms with Crippen LogP contribution in [-0.4, -0.2) is 33.6 Å². The number of anilines is 1. The van der Waals surface area contributed by atoms with Gasteiger partial charge in [-0.05, 0) is 62.2 Å². The van der Waals surface area contributed by atoms with Crippen molar-refractivity contribution in [3.8, 4) is 11.5 Å². The second-order valence-corrected chi connectivity index (χ2v) is 8.90. The van der Waals surface area contributed by atoms with Gasteiger partial charge in [-0.3, -0.25) is 4.79 Å². The molecule has 0 radical (unpaired) electrons. The summed E-state index contributed by atoms with van der Waals surface area (Å²) in [6.45, 7) is 4.61. The molecular weight excluding hydrogens is 440 g/mol. The zero-order valence-electron chi connectivity index (χ0n) is 18.7. The van der Waals surface area contributed by atoms with E-state index in [4.69, 9.17) is 9.47 Å². The third-order valence-electron chi connectivity index (χ3n) is 4.79. The highest BCUT2D eigenvalue weighted by atomic mass is 32.2. The van der Waals surface area contributed by atoms with E-state index < -0.39 is 22.0 Å². The summed E-state index contributed by atoms with van der Waals surface area (Å²) in [5.41, 5.74) is 1.30. The second-order valence-electron chi connectivity index (χ2n) is 7.19. The maximum Gasteiger partial charge on any atom is 0.243 e. The molecular formula is C25H28N2O5S. The van der Waals surface area contributed by atoms with Gasteiger partial charge in [0.1, 0.15) is 17.5 Å². The van der Waals surface area contributed by atoms with E-state index in [9.17, 15) is 13.2 Å². The van der Waals surface area contributed by atoms with Gasteiger partial charge in [0.15, 0.2) is 0 Å². The van der Waals surface area contributed by atoms with E-state index in [1.807, 2.05) is 44.2 Å². The molecule has 0 aromatic heterocycles. The van der Waals surface area contributed by atoms with Crippen molar-refractivity contribution in [1.29, 1.82) is 0 Å². The molecule has 0 aliphatic rings. The molecule has 1 atom stereocenters. The van der Waals surface area contributed by atoms with Crippen LogP contribution in [0.15, 0.2) is 83.8 Å². The quantitative estimate of drug-likeness (QED) is 0.443. The molecule has 174 valence electrons. The molecule has 33 heavy (non-hydrogen) atoms. The first-order chi connectivity index (χ1) is 15.9. The standard InChI is InChI=1S/C25H28N2O5S/c1-3-31-20-14-16-21(17-15-20)33(29,30)27-23(18-19-10-6-5-7-11-19)25(28)26-22-12-8-9-13-24(22)32-4-2/h5-17,23,27H,3-4,18H2,1-2H3,(H,26,28)/t23-/m1/s1. The average molecular weight is 469 g/mol. The molecule has 2 N–H and O–H groups in total. The van der Waals surface area contributed by atoms with Crippen molar-refractivity contribution in [3.05, 3.63) is 84.4 Å². The Morgan fingerprint density at radius 3 is 2.15 bits per heavy atom. The van der Waals surface area contributed by atoms with Crippen LogP contribution < -0.4 is 19.5 Å². The van der Waals surface area contributed by atoms with Gasteiger partial charge in [0.2, 0.25) is 15.9 Å². The number of ether oxygens (including phenoxy) is 2. The SMILES string of the molecule is CCOc1ccc(S(=O)(=O)N[C@H](Cc2ccccc2)C(=O)Nc2ccccc2OCC)cc1. The number of carbonyl (C=O) groups excluding carboxylic acids is 1. The largest absolute Gasteiger partial charge is 0.494 e. The highest BCUT2D eigenvalue weighted by Crippen LogP contribution is 2.24. The summed E-state index contributed by atoms with van der Waals surface area (Å²) in [5, 5.41) is 2.80. The normalized spacial score (nSPS) is 12.1. The lowest BCUT2D eigenvalue weighted by molar-refractivity contribution is -0.117. The van der Waals surface area contributed by atoms with Crippen LogP contribution in [0, 0.1) is 0 Å². The smallest absolute Gasteiger partial charge is 0.243 e. The summed E-state index contributed by atoms with van der Waals surface area (Å²) < 4.78 is 39.7. The van der Waals surface area contributed by atoms with Gasteiger partial charge in [0.05, 0.1) is 23.8 Å². The van der Waals surface area contributed by atoms with Gasteiger partial charge in [-0.2, -0.15) is 4.72 Å². The topological polar surface area (TPSA) is 93.7 Å². The Bertz CT molecular complexity index is 1150. The molecule has 0 bridgehead atoms. The molecule has 1 amide bonds. The molecule has 8 heteroatoms. The molecule has 0 aliphatic heterocycles. The molecule has 7 nitrogen and oxygen atoms in total. The molecule has 0 unspecified atom stereocenters. The number of sulfonamides is 1. The number of rotatable bonds is 11. The summed E-state index contributed by atoms with van der Waals surface area (Å²) in [6, 6.07) is 21.3. The lowest BCUT2D eigenvalue weighted by atomic mass is 10.1. The first-order valence-electron chi connectivity index (χ1n) is 10.7. The van der Waals surface area contributed by atoms with E-state index in [2.05, 4.69) is 10.0 Å². The van der Waals surface area contributed by atoms with E-state index in [-0.39, 0.29) is 11.3 Å². The predicted octanol–water partition coefficient (Wildman–Crippen LogP) is 4.01. The molecule has 0 fully saturated rings. The summed E-state index contributed by atoms with van der Waals surface area (Å²) in [5.74, 6) is 0.601. The molecule has 0 saturated carbocycles. The second kappa shape index (κ2) is 11.5. The number of hydrogen-bond acceptors (Lipinski definition) is 5. The van der Waals surface area contributed by atoms with Crippen LogP contribution in [-0.2, 0) is 21.2 Å². The van der Waals surface area contributed by atoms with Crippen LogP contribution in [0.4, 0.5) is 5.69 Å². The molecule has 3 aromatic rings. The zero-order valence-corrected chi connectivity index (χ0v) is 19.5. The Morgan fingerprint density at radius 2 is 1.48 bits per heavy atom. The Kier molecular flexibility index (Phi) is 8.46. The number of benzene rings is 3. The lowest BCUT2D eigenvalue weighted by Crippen LogP contribution is -2.45. The van der Waals surface area contributed by atoms with Gasteiger partial charge < -0.3 is 14.8 Å². The van der Waals surface area contributed by atoms with Gasteiger partial charge in [0.25, 0.3) is 0 Å². The number of carbonyl (C=O) groups is 1. The van der Waals surface area contributed by atoms with Crippen LogP contribution >= 0.6 is 0 Å². The lowest BCUT2D eigenvalue weighted by Gasteiger charge is -2.20. The molecule has 3 aromatic carbocycles. The van der Waals surface area contributed by atoms with E-state index in [0.717, 1.165) is 5.56 Å². The van der Waals surface area contributed by atoms with Crippen molar-refractivity contribution >= 4 is 21.6 Å². The fourth-order valence-corrected chi connectivity index (χ4v) is 4.44. The number of hydrogen-bond donors (Lipinski definition) is 2. The number of para-hydroxylation sites is 2. The summed E-state index contributed by atoms with van der Waals surface area (Å²) in [4.78, 5) is 13.3. The highest BCUT2D eigenvalue weighted by molar-refractivity contribution is 7.89. The van der Waals surface area contributed by atoms with Crippen LogP contribution in [0.5, 0.6) is 11.5 Å². The Morgan fingerprint density at radius 1 is 0.848 bits per heavy atom. The van der Waals surface area contributed by atoms with Gasteiger partial charge in [-0.1, -0.05) is 42.5 Å². The van der Waals surface area contributed by atoms with Crippen molar-refractivity contribution in [1.82, 2.24) is 4.72 Å². The Labute approximate surface area is 194 Å². The fraction of sp³-hybridized carbons (Fsp3) is 0.240. The summed E-state index contributed by atoms with van der Waals surface area (Å²) >= 11 is 0. The minimum atomic E-state index is -3.97. The minimum absolute atomic E-state index is 0.0477. The molecule has 0 heterocycles. The van der Waals surface area contributed by atoms with Crippen molar-refractivity contribution < 1.29 is 22.7 Å². The van der Waals surface area contributed by atoms with Gasteiger partial charge in [0, 0.05) is 0 Å². The van der Waals surface area contributed by atoms with Crippen LogP contribution in [0.2, 0.25) is 0 Å². The van der Waals surface area contributed by atoms with Crippen molar-refractivity contribution in [2.45, 2.75) is 31.2 Å². The molecule has 0 spiro atoms. The van der Waals surface area contributed by atoms with Crippen LogP contribution in [0.1, 0.15) is 19.4 Å². The minimum Gasteiger partial charge on any atom is -0.494 e. The Hall–Kier alpha value is -3.36. The Balaban J connectivity index is 1.85. The third kappa shape index (κ3) is 6.81. The molecule has 0 saturated heterocycles. The fourth-order valence-electron chi connectivity index (χ4n) is 3.25. The number of amides is 1. The third-order valence-corrected chi connectivity index (χ3v) is 6.27. The van der Waals surface area contributed by atoms with Crippen molar-refractivity contribution in [3.63, 3.8) is 0 Å². The van der Waals surface area contributed by atoms with Gasteiger partial charge in [-0.15, -0.1) is 0 Å².